The molecule has 10 heteroatoms. The molecule has 3 aromatic rings. The lowest BCUT2D eigenvalue weighted by atomic mass is 9.91. The van der Waals surface area contributed by atoms with Crippen molar-refractivity contribution in [3.8, 4) is 5.75 Å². The van der Waals surface area contributed by atoms with Crippen LogP contribution >= 0.6 is 39.1 Å². The number of nitrogens with zero attached hydrogens (tertiary/aromatic N) is 1. The Morgan fingerprint density at radius 1 is 1.12 bits per heavy atom. The molecule has 6 nitrogen and oxygen atoms in total. The van der Waals surface area contributed by atoms with Crippen molar-refractivity contribution in [1.82, 2.24) is 9.71 Å². The molecule has 1 aliphatic carbocycles. The summed E-state index contributed by atoms with van der Waals surface area (Å²) in [5.74, 6) is 0.142. The summed E-state index contributed by atoms with van der Waals surface area (Å²) >= 11 is 16.1. The number of aromatic nitrogens is 1. The van der Waals surface area contributed by atoms with Gasteiger partial charge in [0.1, 0.15) is 11.5 Å². The van der Waals surface area contributed by atoms with Crippen LogP contribution in [0.4, 0.5) is 0 Å². The molecular weight excluding hydrogens is 551 g/mol. The van der Waals surface area contributed by atoms with E-state index in [-0.39, 0.29) is 29.7 Å². The number of hydrogen-bond acceptors (Lipinski definition) is 5. The van der Waals surface area contributed by atoms with Crippen LogP contribution in [0.1, 0.15) is 29.7 Å². The van der Waals surface area contributed by atoms with Crippen LogP contribution in [0.25, 0.3) is 0 Å². The van der Waals surface area contributed by atoms with Crippen LogP contribution in [0.15, 0.2) is 64.1 Å². The lowest BCUT2D eigenvalue weighted by Gasteiger charge is -2.31. The fourth-order valence-corrected chi connectivity index (χ4v) is 6.27. The summed E-state index contributed by atoms with van der Waals surface area (Å²) < 4.78 is 35.6. The molecule has 1 saturated carbocycles. The Kier molecular flexibility index (Phi) is 7.63. The topological polar surface area (TPSA) is 88.5 Å². The number of aliphatic hydroxyl groups is 1. The van der Waals surface area contributed by atoms with Crippen molar-refractivity contribution < 1.29 is 18.3 Å². The van der Waals surface area contributed by atoms with Gasteiger partial charge in [-0.15, -0.1) is 0 Å². The highest BCUT2D eigenvalue weighted by molar-refractivity contribution is 9.10. The SMILES string of the molecule is O=S(=O)(NC1CC(O)C1)c1cc(Cc2c(Cl)cc(Br)cc2Cl)ncc1OCc1ccccc1. The summed E-state index contributed by atoms with van der Waals surface area (Å²) in [5, 5.41) is 10.4. The molecule has 2 aromatic carbocycles. The molecule has 1 aliphatic rings. The van der Waals surface area contributed by atoms with Crippen LogP contribution in [0.2, 0.25) is 10.0 Å². The van der Waals surface area contributed by atoms with Gasteiger partial charge in [0.05, 0.1) is 12.3 Å². The second kappa shape index (κ2) is 10.3. The smallest absolute Gasteiger partial charge is 0.244 e. The van der Waals surface area contributed by atoms with E-state index in [1.807, 2.05) is 30.3 Å². The van der Waals surface area contributed by atoms with Crippen LogP contribution in [0.3, 0.4) is 0 Å². The van der Waals surface area contributed by atoms with Crippen molar-refractivity contribution >= 4 is 49.2 Å². The highest BCUT2D eigenvalue weighted by atomic mass is 79.9. The van der Waals surface area contributed by atoms with Gasteiger partial charge in [-0.25, -0.2) is 13.1 Å². The Hall–Kier alpha value is -1.68. The molecule has 33 heavy (non-hydrogen) atoms. The predicted octanol–water partition coefficient (Wildman–Crippen LogP) is 5.12. The summed E-state index contributed by atoms with van der Waals surface area (Å²) in [5.41, 5.74) is 2.01. The van der Waals surface area contributed by atoms with Crippen LogP contribution in [-0.2, 0) is 23.1 Å². The van der Waals surface area contributed by atoms with E-state index in [0.717, 1.165) is 10.0 Å². The summed E-state index contributed by atoms with van der Waals surface area (Å²) in [6, 6.07) is 14.0. The number of ether oxygens (including phenoxy) is 1. The minimum absolute atomic E-state index is 0.0193. The van der Waals surface area contributed by atoms with Gasteiger partial charge in [-0.05, 0) is 42.2 Å². The Bertz CT molecular complexity index is 1230. The maximum Gasteiger partial charge on any atom is 0.244 e. The van der Waals surface area contributed by atoms with E-state index in [1.165, 1.54) is 12.3 Å². The number of sulfonamides is 1. The van der Waals surface area contributed by atoms with Gasteiger partial charge >= 0.3 is 0 Å². The molecule has 0 unspecified atom stereocenters. The average molecular weight is 572 g/mol. The maximum absolute atomic E-state index is 13.2. The third-order valence-corrected chi connectivity index (χ3v) is 7.99. The van der Waals surface area contributed by atoms with E-state index < -0.39 is 16.1 Å². The molecule has 1 heterocycles. The van der Waals surface area contributed by atoms with Crippen molar-refractivity contribution in [3.05, 3.63) is 86.1 Å². The molecule has 2 N–H and O–H groups in total. The Morgan fingerprint density at radius 2 is 1.79 bits per heavy atom. The number of pyridine rings is 1. The first-order valence-electron chi connectivity index (χ1n) is 10.2. The fourth-order valence-electron chi connectivity index (χ4n) is 3.50. The molecule has 4 rings (SSSR count). The minimum Gasteiger partial charge on any atom is -0.486 e. The molecule has 0 atom stereocenters. The van der Waals surface area contributed by atoms with Gasteiger partial charge in [0.2, 0.25) is 10.0 Å². The van der Waals surface area contributed by atoms with Crippen LogP contribution < -0.4 is 9.46 Å². The number of benzene rings is 2. The van der Waals surface area contributed by atoms with Crippen molar-refractivity contribution in [2.45, 2.75) is 42.9 Å². The Labute approximate surface area is 211 Å². The van der Waals surface area contributed by atoms with E-state index in [4.69, 9.17) is 27.9 Å². The first kappa shape index (κ1) is 24.4. The van der Waals surface area contributed by atoms with Crippen molar-refractivity contribution in [2.75, 3.05) is 0 Å². The Morgan fingerprint density at radius 3 is 2.42 bits per heavy atom. The zero-order valence-corrected chi connectivity index (χ0v) is 21.3. The van der Waals surface area contributed by atoms with Crippen molar-refractivity contribution in [3.63, 3.8) is 0 Å². The average Bonchev–Trinajstić information content (AvgIpc) is 2.74. The van der Waals surface area contributed by atoms with Crippen molar-refractivity contribution in [2.24, 2.45) is 0 Å². The summed E-state index contributed by atoms with van der Waals surface area (Å²) in [6.45, 7) is 0.191. The van der Waals surface area contributed by atoms with E-state index in [2.05, 4.69) is 25.6 Å². The van der Waals surface area contributed by atoms with E-state index in [9.17, 15) is 13.5 Å². The molecule has 0 aliphatic heterocycles. The van der Waals surface area contributed by atoms with E-state index in [1.54, 1.807) is 12.1 Å². The zero-order valence-electron chi connectivity index (χ0n) is 17.3. The quantitative estimate of drug-likeness (QED) is 0.391. The Balaban J connectivity index is 1.65. The minimum atomic E-state index is -3.92. The molecule has 0 saturated heterocycles. The number of hydrogen-bond donors (Lipinski definition) is 2. The second-order valence-corrected chi connectivity index (χ2v) is 11.3. The lowest BCUT2D eigenvalue weighted by Crippen LogP contribution is -2.46. The van der Waals surface area contributed by atoms with Gasteiger partial charge in [-0.1, -0.05) is 69.5 Å². The number of nitrogens with one attached hydrogen (secondary N) is 1. The first-order valence-corrected chi connectivity index (χ1v) is 13.2. The van der Waals surface area contributed by atoms with E-state index >= 15 is 0 Å². The second-order valence-electron chi connectivity index (χ2n) is 7.86. The maximum atomic E-state index is 13.2. The predicted molar refractivity (Wildman–Crippen MR) is 131 cm³/mol. The molecular formula is C23H21BrCl2N2O4S. The van der Waals surface area contributed by atoms with Gasteiger partial charge < -0.3 is 9.84 Å². The zero-order chi connectivity index (χ0) is 23.6. The van der Waals surface area contributed by atoms with E-state index in [0.29, 0.717) is 34.1 Å². The third kappa shape index (κ3) is 6.07. The van der Waals surface area contributed by atoms with Gasteiger partial charge in [0.15, 0.2) is 5.75 Å². The highest BCUT2D eigenvalue weighted by Gasteiger charge is 2.33. The molecule has 1 fully saturated rings. The molecule has 174 valence electrons. The molecule has 0 spiro atoms. The normalized spacial score (nSPS) is 18.1. The third-order valence-electron chi connectivity index (χ3n) is 5.31. The monoisotopic (exact) mass is 570 g/mol. The largest absolute Gasteiger partial charge is 0.486 e. The standard InChI is InChI=1S/C23H21BrCl2N2O4S/c24-15-6-20(25)19(21(26)7-15)10-16-11-23(33(30,31)28-17-8-18(29)9-17)22(12-27-16)32-13-14-4-2-1-3-5-14/h1-7,11-12,17-18,28-29H,8-10,13H2. The molecule has 0 bridgehead atoms. The van der Waals surface area contributed by atoms with Crippen LogP contribution in [0.5, 0.6) is 5.75 Å². The summed E-state index contributed by atoms with van der Waals surface area (Å²) in [6.07, 6.45) is 1.92. The van der Waals surface area contributed by atoms with Gasteiger partial charge in [0.25, 0.3) is 0 Å². The summed E-state index contributed by atoms with van der Waals surface area (Å²) in [4.78, 5) is 4.38. The van der Waals surface area contributed by atoms with Gasteiger partial charge in [-0.2, -0.15) is 0 Å². The molecule has 1 aromatic heterocycles. The first-order chi connectivity index (χ1) is 15.7. The molecule has 0 amide bonds. The number of halogens is 3. The number of aliphatic hydroxyl groups excluding tert-OH is 1. The van der Waals surface area contributed by atoms with Gasteiger partial charge in [0, 0.05) is 32.7 Å². The fraction of sp³-hybridized carbons (Fsp3) is 0.261. The lowest BCUT2D eigenvalue weighted by molar-refractivity contribution is 0.0712. The number of rotatable bonds is 8. The van der Waals surface area contributed by atoms with Crippen molar-refractivity contribution in [1.29, 1.82) is 0 Å². The van der Waals surface area contributed by atoms with Gasteiger partial charge in [-0.3, -0.25) is 4.98 Å². The van der Waals surface area contributed by atoms with Crippen LogP contribution in [0, 0.1) is 0 Å². The highest BCUT2D eigenvalue weighted by Crippen LogP contribution is 2.33. The molecule has 0 radical (unpaired) electrons. The summed E-state index contributed by atoms with van der Waals surface area (Å²) in [7, 11) is -3.92. The van der Waals surface area contributed by atoms with Crippen LogP contribution in [-0.4, -0.2) is 30.7 Å².